The Hall–Kier alpha value is -7.80. The van der Waals surface area contributed by atoms with E-state index < -0.39 is 16.2 Å². The zero-order chi connectivity index (χ0) is 41.1. The maximum absolute atomic E-state index is 2.63. The van der Waals surface area contributed by atoms with Gasteiger partial charge in [-0.25, -0.2) is 0 Å². The SMILES string of the molecule is c1ccc2c(c1)-c1ccccc1C2(c1ccc2c(c1)C1(c3ccccc3-c3ccccc31)c1ccccc1-2)c1ccc2c(c1)C1(c3ccccc3-c3ccccc31)c1ccccc1-2. The monoisotopic (exact) mass is 794 g/mol. The molecule has 0 nitrogen and oxygen atoms in total. The predicted octanol–water partition coefficient (Wildman–Crippen LogP) is 14.7. The molecule has 0 amide bonds. The molecule has 0 aliphatic heterocycles. The Morgan fingerprint density at radius 3 is 0.587 bits per heavy atom. The van der Waals surface area contributed by atoms with E-state index >= 15 is 0 Å². The highest BCUT2D eigenvalue weighted by Gasteiger charge is 2.55. The molecule has 10 aromatic carbocycles. The quantitative estimate of drug-likeness (QED) is 0.164. The van der Waals surface area contributed by atoms with Crippen molar-refractivity contribution >= 4 is 0 Å². The molecule has 0 bridgehead atoms. The van der Waals surface area contributed by atoms with E-state index in [4.69, 9.17) is 0 Å². The topological polar surface area (TPSA) is 0 Å². The molecular formula is C63H38. The molecule has 0 radical (unpaired) electrons. The van der Waals surface area contributed by atoms with E-state index in [1.807, 2.05) is 0 Å². The Kier molecular flexibility index (Phi) is 6.32. The molecule has 0 aromatic heterocycles. The molecule has 0 unspecified atom stereocenters. The standard InChI is InChI=1S/C63H38/c1-9-25-51-41(17-1)42-18-2-10-26-52(42)61(51,39-33-35-49-47-23-7-15-31-57(47)62(59(49)37-39)53-27-11-3-19-43(53)44-20-4-12-28-54(44)62)40-34-36-50-48-24-8-16-32-58(48)63(60(50)38-40)55-29-13-5-21-45(55)46-22-6-14-30-56(46)63/h1-38H. The Morgan fingerprint density at radius 2 is 0.349 bits per heavy atom. The smallest absolute Gasteiger partial charge is 0.0619 e. The van der Waals surface area contributed by atoms with Crippen LogP contribution in [0.25, 0.3) is 55.6 Å². The third-order valence-electron chi connectivity index (χ3n) is 15.8. The number of hydrogen-bond donors (Lipinski definition) is 0. The minimum Gasteiger partial charge on any atom is -0.0619 e. The highest BCUT2D eigenvalue weighted by Crippen LogP contribution is 2.67. The van der Waals surface area contributed by atoms with Crippen LogP contribution in [0.3, 0.4) is 0 Å². The van der Waals surface area contributed by atoms with E-state index in [2.05, 4.69) is 231 Å². The number of benzene rings is 10. The third kappa shape index (κ3) is 3.76. The van der Waals surface area contributed by atoms with Gasteiger partial charge < -0.3 is 0 Å². The summed E-state index contributed by atoms with van der Waals surface area (Å²) in [6.45, 7) is 0. The van der Waals surface area contributed by atoms with Crippen LogP contribution in [0.15, 0.2) is 231 Å². The third-order valence-corrected chi connectivity index (χ3v) is 15.8. The first-order valence-corrected chi connectivity index (χ1v) is 22.3. The second-order valence-electron chi connectivity index (χ2n) is 18.1. The van der Waals surface area contributed by atoms with Crippen LogP contribution in [0.4, 0.5) is 0 Å². The zero-order valence-corrected chi connectivity index (χ0v) is 34.4. The lowest BCUT2D eigenvalue weighted by atomic mass is 9.64. The lowest BCUT2D eigenvalue weighted by Gasteiger charge is -2.37. The first-order valence-electron chi connectivity index (χ1n) is 22.3. The molecule has 0 saturated carbocycles. The van der Waals surface area contributed by atoms with Crippen molar-refractivity contribution in [3.05, 3.63) is 297 Å². The summed E-state index contributed by atoms with van der Waals surface area (Å²) >= 11 is 0. The Morgan fingerprint density at radius 1 is 0.159 bits per heavy atom. The van der Waals surface area contributed by atoms with Gasteiger partial charge in [0.25, 0.3) is 0 Å². The van der Waals surface area contributed by atoms with Crippen molar-refractivity contribution in [2.45, 2.75) is 16.2 Å². The minimum atomic E-state index is -0.613. The van der Waals surface area contributed by atoms with Crippen LogP contribution in [0.2, 0.25) is 0 Å². The molecule has 2 spiro atoms. The van der Waals surface area contributed by atoms with E-state index in [-0.39, 0.29) is 0 Å². The molecule has 10 aromatic rings. The molecule has 5 aliphatic rings. The van der Waals surface area contributed by atoms with E-state index in [1.54, 1.807) is 0 Å². The fraction of sp³-hybridized carbons (Fsp3) is 0.0476. The van der Waals surface area contributed by atoms with Crippen molar-refractivity contribution in [2.75, 3.05) is 0 Å². The van der Waals surface area contributed by atoms with Gasteiger partial charge in [0.15, 0.2) is 0 Å². The van der Waals surface area contributed by atoms with Crippen LogP contribution >= 0.6 is 0 Å². The average molecular weight is 795 g/mol. The summed E-state index contributed by atoms with van der Waals surface area (Å²) in [4.78, 5) is 0. The molecule has 5 aliphatic carbocycles. The summed E-state index contributed by atoms with van der Waals surface area (Å²) in [7, 11) is 0. The van der Waals surface area contributed by atoms with E-state index in [9.17, 15) is 0 Å². The normalized spacial score (nSPS) is 15.7. The largest absolute Gasteiger partial charge is 0.0725 e. The van der Waals surface area contributed by atoms with E-state index in [0.717, 1.165) is 0 Å². The van der Waals surface area contributed by atoms with Crippen LogP contribution < -0.4 is 0 Å². The lowest BCUT2D eigenvalue weighted by molar-refractivity contribution is 0.741. The van der Waals surface area contributed by atoms with Gasteiger partial charge in [-0.1, -0.05) is 231 Å². The fourth-order valence-electron chi connectivity index (χ4n) is 13.7. The number of rotatable bonds is 2. The van der Waals surface area contributed by atoms with Gasteiger partial charge in [-0.3, -0.25) is 0 Å². The molecule has 15 rings (SSSR count). The zero-order valence-electron chi connectivity index (χ0n) is 34.4. The van der Waals surface area contributed by atoms with Crippen molar-refractivity contribution in [3.8, 4) is 55.6 Å². The van der Waals surface area contributed by atoms with Crippen molar-refractivity contribution < 1.29 is 0 Å². The van der Waals surface area contributed by atoms with Gasteiger partial charge in [-0.15, -0.1) is 0 Å². The van der Waals surface area contributed by atoms with Crippen molar-refractivity contribution in [1.82, 2.24) is 0 Å². The van der Waals surface area contributed by atoms with Gasteiger partial charge >= 0.3 is 0 Å². The molecular weight excluding hydrogens is 757 g/mol. The molecule has 63 heavy (non-hydrogen) atoms. The second kappa shape index (κ2) is 11.8. The Balaban J connectivity index is 1.07. The number of fused-ring (bicyclic) bond motifs is 23. The van der Waals surface area contributed by atoms with Crippen molar-refractivity contribution in [1.29, 1.82) is 0 Å². The summed E-state index contributed by atoms with van der Waals surface area (Å²) in [5, 5.41) is 0. The van der Waals surface area contributed by atoms with Gasteiger partial charge in [0.1, 0.15) is 0 Å². The first kappa shape index (κ1) is 33.9. The molecule has 0 fully saturated rings. The summed E-state index contributed by atoms with van der Waals surface area (Å²) < 4.78 is 0. The molecule has 0 heterocycles. The van der Waals surface area contributed by atoms with Crippen LogP contribution in [-0.4, -0.2) is 0 Å². The van der Waals surface area contributed by atoms with Crippen LogP contribution in [0.1, 0.15) is 66.8 Å². The molecule has 0 saturated heterocycles. The summed E-state index contributed by atoms with van der Waals surface area (Å²) in [6.07, 6.45) is 0. The van der Waals surface area contributed by atoms with Gasteiger partial charge in [-0.05, 0) is 122 Å². The maximum atomic E-state index is 2.63. The van der Waals surface area contributed by atoms with E-state index in [1.165, 1.54) is 122 Å². The van der Waals surface area contributed by atoms with Gasteiger partial charge in [-0.2, -0.15) is 0 Å². The number of hydrogen-bond acceptors (Lipinski definition) is 0. The van der Waals surface area contributed by atoms with Gasteiger partial charge in [0.05, 0.1) is 16.2 Å². The Labute approximate surface area is 367 Å². The first-order chi connectivity index (χ1) is 31.3. The minimum absolute atomic E-state index is 0.450. The maximum Gasteiger partial charge on any atom is 0.0725 e. The highest BCUT2D eigenvalue weighted by molar-refractivity contribution is 5.98. The summed E-state index contributed by atoms with van der Waals surface area (Å²) in [6, 6.07) is 88.5. The molecule has 0 heteroatoms. The van der Waals surface area contributed by atoms with Crippen LogP contribution in [-0.2, 0) is 16.2 Å². The van der Waals surface area contributed by atoms with Crippen LogP contribution in [0, 0.1) is 0 Å². The van der Waals surface area contributed by atoms with Gasteiger partial charge in [0, 0.05) is 0 Å². The van der Waals surface area contributed by atoms with Crippen molar-refractivity contribution in [2.24, 2.45) is 0 Å². The second-order valence-corrected chi connectivity index (χ2v) is 18.1. The van der Waals surface area contributed by atoms with Crippen molar-refractivity contribution in [3.63, 3.8) is 0 Å². The highest BCUT2D eigenvalue weighted by atomic mass is 14.6. The predicted molar refractivity (Wildman–Crippen MR) is 256 cm³/mol. The average Bonchev–Trinajstić information content (AvgIpc) is 4.10. The molecule has 290 valence electrons. The lowest BCUT2D eigenvalue weighted by Crippen LogP contribution is -2.31. The van der Waals surface area contributed by atoms with E-state index in [0.29, 0.717) is 0 Å². The molecule has 0 N–H and O–H groups in total. The van der Waals surface area contributed by atoms with Gasteiger partial charge in [0.2, 0.25) is 0 Å². The molecule has 0 atom stereocenters. The summed E-state index contributed by atoms with van der Waals surface area (Å²) in [5.41, 5.74) is 27.9. The summed E-state index contributed by atoms with van der Waals surface area (Å²) in [5.74, 6) is 0. The Bertz CT molecular complexity index is 3280. The van der Waals surface area contributed by atoms with Crippen LogP contribution in [0.5, 0.6) is 0 Å². The fourth-order valence-corrected chi connectivity index (χ4v) is 13.7.